The van der Waals surface area contributed by atoms with Crippen LogP contribution in [0.1, 0.15) is 12.0 Å². The van der Waals surface area contributed by atoms with Crippen molar-refractivity contribution in [2.45, 2.75) is 24.3 Å². The summed E-state index contributed by atoms with van der Waals surface area (Å²) in [6, 6.07) is 5.95. The molecule has 1 heterocycles. The number of carboxylic acid groups (broad SMARTS) is 1. The summed E-state index contributed by atoms with van der Waals surface area (Å²) in [7, 11) is 1.99. The summed E-state index contributed by atoms with van der Waals surface area (Å²) in [6.07, 6.45) is 0.230. The number of rotatable bonds is 4. The number of hydrogen-bond donors (Lipinski definition) is 2. The Labute approximate surface area is 125 Å². The lowest BCUT2D eigenvalue weighted by Crippen LogP contribution is -2.51. The van der Waals surface area contributed by atoms with Crippen molar-refractivity contribution in [1.82, 2.24) is 9.53 Å². The molecule has 2 radical (unpaired) electrons. The molecular formula is C13H17BN2O4S. The summed E-state index contributed by atoms with van der Waals surface area (Å²) in [5, 5.41) is 9.06. The summed E-state index contributed by atoms with van der Waals surface area (Å²) >= 11 is 0. The molecule has 2 N–H and O–H groups in total. The van der Waals surface area contributed by atoms with Gasteiger partial charge in [0.25, 0.3) is 0 Å². The van der Waals surface area contributed by atoms with Gasteiger partial charge in [-0.05, 0) is 32.0 Å². The van der Waals surface area contributed by atoms with Crippen LogP contribution < -0.4 is 4.72 Å². The highest BCUT2D eigenvalue weighted by Gasteiger charge is 2.32. The van der Waals surface area contributed by atoms with E-state index >= 15 is 0 Å². The van der Waals surface area contributed by atoms with E-state index in [0.717, 1.165) is 5.56 Å². The molecule has 1 aliphatic heterocycles. The third kappa shape index (κ3) is 4.06. The Morgan fingerprint density at radius 2 is 1.95 bits per heavy atom. The number of aliphatic carboxylic acids is 1. The molecule has 1 fully saturated rings. The van der Waals surface area contributed by atoms with Gasteiger partial charge in [0.15, 0.2) is 7.98 Å². The number of carboxylic acids is 1. The van der Waals surface area contributed by atoms with Crippen molar-refractivity contribution in [3.8, 4) is 0 Å². The Bertz CT molecular complexity index is 618. The van der Waals surface area contributed by atoms with Crippen molar-refractivity contribution < 1.29 is 18.3 Å². The minimum absolute atomic E-state index is 0.161. The second kappa shape index (κ2) is 6.17. The number of piperidine rings is 1. The van der Waals surface area contributed by atoms with Gasteiger partial charge in [-0.2, -0.15) is 0 Å². The van der Waals surface area contributed by atoms with E-state index in [1.165, 1.54) is 16.9 Å². The molecule has 0 unspecified atom stereocenters. The van der Waals surface area contributed by atoms with Crippen LogP contribution in [-0.4, -0.2) is 51.4 Å². The molecule has 1 aromatic carbocycles. The van der Waals surface area contributed by atoms with E-state index in [4.69, 9.17) is 13.1 Å². The molecule has 0 spiro atoms. The third-order valence-electron chi connectivity index (χ3n) is 3.48. The topological polar surface area (TPSA) is 86.7 Å². The van der Waals surface area contributed by atoms with E-state index < -0.39 is 28.0 Å². The van der Waals surface area contributed by atoms with Gasteiger partial charge in [-0.3, -0.25) is 4.79 Å². The van der Waals surface area contributed by atoms with Gasteiger partial charge >= 0.3 is 5.97 Å². The normalized spacial score (nSPS) is 23.9. The van der Waals surface area contributed by atoms with Crippen LogP contribution in [0, 0.1) is 12.8 Å². The second-order valence-electron chi connectivity index (χ2n) is 5.36. The summed E-state index contributed by atoms with van der Waals surface area (Å²) in [5.74, 6) is -1.64. The van der Waals surface area contributed by atoms with Crippen molar-refractivity contribution in [2.24, 2.45) is 5.92 Å². The Balaban J connectivity index is 2.12. The highest BCUT2D eigenvalue weighted by molar-refractivity contribution is 7.89. The minimum atomic E-state index is -3.67. The van der Waals surface area contributed by atoms with Crippen LogP contribution in [0.25, 0.3) is 0 Å². The third-order valence-corrected chi connectivity index (χ3v) is 5.02. The van der Waals surface area contributed by atoms with Crippen LogP contribution in [0.15, 0.2) is 29.2 Å². The maximum atomic E-state index is 12.3. The average molecular weight is 308 g/mol. The predicted octanol–water partition coefficient (Wildman–Crippen LogP) is 0.132. The molecule has 8 heteroatoms. The summed E-state index contributed by atoms with van der Waals surface area (Å²) in [4.78, 5) is 12.6. The van der Waals surface area contributed by atoms with Crippen molar-refractivity contribution in [3.05, 3.63) is 29.8 Å². The van der Waals surface area contributed by atoms with Crippen LogP contribution >= 0.6 is 0 Å². The zero-order valence-electron chi connectivity index (χ0n) is 11.7. The number of benzene rings is 1. The van der Waals surface area contributed by atoms with Crippen LogP contribution in [0.5, 0.6) is 0 Å². The first-order valence-corrected chi connectivity index (χ1v) is 8.07. The molecule has 112 valence electrons. The van der Waals surface area contributed by atoms with E-state index in [1.807, 2.05) is 6.92 Å². The molecule has 6 nitrogen and oxygen atoms in total. The monoisotopic (exact) mass is 308 g/mol. The second-order valence-corrected chi connectivity index (χ2v) is 7.07. The maximum absolute atomic E-state index is 12.3. The molecule has 2 atom stereocenters. The molecule has 1 aromatic rings. The van der Waals surface area contributed by atoms with Gasteiger partial charge in [0.1, 0.15) is 0 Å². The maximum Gasteiger partial charge on any atom is 0.307 e. The van der Waals surface area contributed by atoms with Gasteiger partial charge in [-0.1, -0.05) is 17.7 Å². The zero-order valence-corrected chi connectivity index (χ0v) is 12.5. The highest BCUT2D eigenvalue weighted by atomic mass is 32.2. The molecular weight excluding hydrogens is 291 g/mol. The summed E-state index contributed by atoms with van der Waals surface area (Å²) in [6.45, 7) is 2.38. The van der Waals surface area contributed by atoms with Crippen molar-refractivity contribution in [3.63, 3.8) is 0 Å². The van der Waals surface area contributed by atoms with Gasteiger partial charge in [0.2, 0.25) is 10.0 Å². The Morgan fingerprint density at radius 3 is 2.52 bits per heavy atom. The highest BCUT2D eigenvalue weighted by Crippen LogP contribution is 2.18. The lowest BCUT2D eigenvalue weighted by Gasteiger charge is -2.34. The first-order chi connectivity index (χ1) is 9.78. The van der Waals surface area contributed by atoms with Gasteiger partial charge in [0, 0.05) is 12.6 Å². The van der Waals surface area contributed by atoms with Gasteiger partial charge < -0.3 is 9.92 Å². The lowest BCUT2D eigenvalue weighted by molar-refractivity contribution is -0.143. The van der Waals surface area contributed by atoms with Crippen molar-refractivity contribution in [1.29, 1.82) is 0 Å². The van der Waals surface area contributed by atoms with E-state index in [1.54, 1.807) is 12.1 Å². The van der Waals surface area contributed by atoms with E-state index in [-0.39, 0.29) is 24.4 Å². The first-order valence-electron chi connectivity index (χ1n) is 6.59. The molecule has 1 saturated heterocycles. The Morgan fingerprint density at radius 1 is 1.33 bits per heavy atom. The smallest absolute Gasteiger partial charge is 0.307 e. The van der Waals surface area contributed by atoms with Crippen LogP contribution in [0.3, 0.4) is 0 Å². The quantitative estimate of drug-likeness (QED) is 0.772. The average Bonchev–Trinajstić information content (AvgIpc) is 2.37. The van der Waals surface area contributed by atoms with Crippen molar-refractivity contribution in [2.75, 3.05) is 13.1 Å². The zero-order chi connectivity index (χ0) is 15.6. The number of aryl methyl sites for hydroxylation is 1. The predicted molar refractivity (Wildman–Crippen MR) is 78.4 cm³/mol. The molecule has 0 bridgehead atoms. The van der Waals surface area contributed by atoms with Crippen molar-refractivity contribution >= 4 is 24.0 Å². The number of nitrogens with zero attached hydrogens (tertiary/aromatic N) is 1. The van der Waals surface area contributed by atoms with E-state index in [9.17, 15) is 13.2 Å². The largest absolute Gasteiger partial charge is 0.481 e. The van der Waals surface area contributed by atoms with E-state index in [0.29, 0.717) is 0 Å². The van der Waals surface area contributed by atoms with Crippen LogP contribution in [0.4, 0.5) is 0 Å². The Kier molecular flexibility index (Phi) is 4.70. The fraction of sp³-hybridized carbons (Fsp3) is 0.462. The number of sulfonamides is 1. The number of nitrogens with one attached hydrogen (secondary N) is 1. The molecule has 21 heavy (non-hydrogen) atoms. The number of hydrogen-bond acceptors (Lipinski definition) is 4. The fourth-order valence-electron chi connectivity index (χ4n) is 2.40. The first kappa shape index (κ1) is 16.0. The molecule has 0 saturated carbocycles. The molecule has 1 aliphatic rings. The molecule has 0 amide bonds. The van der Waals surface area contributed by atoms with E-state index in [2.05, 4.69) is 4.72 Å². The minimum Gasteiger partial charge on any atom is -0.481 e. The standard InChI is InChI=1S/C13H17BN2O4S/c1-9-2-4-12(5-3-9)21(19,20)15-11-6-10(13(17)18)7-16(14)8-11/h2-5,10-11,15H,6-8H2,1H3,(H,17,18)/t10-,11+/m0/s1. The van der Waals surface area contributed by atoms with Gasteiger partial charge in [-0.15, -0.1) is 0 Å². The number of carbonyl (C=O) groups is 1. The summed E-state index contributed by atoms with van der Waals surface area (Å²) in [5.41, 5.74) is 0.964. The SMILES string of the molecule is [B]N1C[C@H](NS(=O)(=O)c2ccc(C)cc2)C[C@H](C(=O)O)C1. The summed E-state index contributed by atoms with van der Waals surface area (Å²) < 4.78 is 27.1. The van der Waals surface area contributed by atoms with Crippen LogP contribution in [0.2, 0.25) is 0 Å². The molecule has 0 aliphatic carbocycles. The van der Waals surface area contributed by atoms with Gasteiger partial charge in [0.05, 0.1) is 10.8 Å². The lowest BCUT2D eigenvalue weighted by atomic mass is 9.93. The van der Waals surface area contributed by atoms with Gasteiger partial charge in [-0.25, -0.2) is 13.1 Å². The molecule has 2 rings (SSSR count). The molecule has 0 aromatic heterocycles. The van der Waals surface area contributed by atoms with Crippen LogP contribution in [-0.2, 0) is 14.8 Å². The Hall–Kier alpha value is -1.38. The fourth-order valence-corrected chi connectivity index (χ4v) is 3.64.